The second kappa shape index (κ2) is 9.68. The van der Waals surface area contributed by atoms with Gasteiger partial charge in [0.25, 0.3) is 0 Å². The van der Waals surface area contributed by atoms with Gasteiger partial charge in [-0.05, 0) is 25.0 Å². The summed E-state index contributed by atoms with van der Waals surface area (Å²) >= 11 is 1.31. The third kappa shape index (κ3) is 6.01. The minimum atomic E-state index is -0.381. The van der Waals surface area contributed by atoms with E-state index >= 15 is 0 Å². The smallest absolute Gasteiger partial charge is 0.243 e. The predicted octanol–water partition coefficient (Wildman–Crippen LogP) is 2.38. The minimum Gasteiger partial charge on any atom is -0.301 e. The highest BCUT2D eigenvalue weighted by Gasteiger charge is 2.09. The van der Waals surface area contributed by atoms with E-state index in [1.165, 1.54) is 11.3 Å². The number of hydroxylamine groups is 1. The van der Waals surface area contributed by atoms with Crippen molar-refractivity contribution in [2.75, 3.05) is 5.32 Å². The molecule has 2 amide bonds. The SMILES string of the molecule is O=C(CCCCCCC(=O)Nc1nnc(-c2cccnc2)s1)NO. The highest BCUT2D eigenvalue weighted by molar-refractivity contribution is 7.18. The fourth-order valence-electron chi connectivity index (χ4n) is 2.04. The number of pyridine rings is 1. The van der Waals surface area contributed by atoms with Crippen molar-refractivity contribution in [2.45, 2.75) is 38.5 Å². The quantitative estimate of drug-likeness (QED) is 0.363. The van der Waals surface area contributed by atoms with E-state index in [1.807, 2.05) is 12.1 Å². The van der Waals surface area contributed by atoms with Crippen LogP contribution in [0.2, 0.25) is 0 Å². The van der Waals surface area contributed by atoms with E-state index in [-0.39, 0.29) is 11.8 Å². The van der Waals surface area contributed by atoms with E-state index in [0.29, 0.717) is 29.4 Å². The van der Waals surface area contributed by atoms with Crippen molar-refractivity contribution in [3.8, 4) is 10.6 Å². The van der Waals surface area contributed by atoms with Gasteiger partial charge in [0.05, 0.1) is 0 Å². The molecular formula is C15H19N5O3S. The largest absolute Gasteiger partial charge is 0.301 e. The Labute approximate surface area is 143 Å². The Balaban J connectivity index is 1.66. The molecule has 24 heavy (non-hydrogen) atoms. The first-order chi connectivity index (χ1) is 11.7. The van der Waals surface area contributed by atoms with Gasteiger partial charge in [0.2, 0.25) is 16.9 Å². The Morgan fingerprint density at radius 3 is 2.50 bits per heavy atom. The fraction of sp³-hybridized carbons (Fsp3) is 0.400. The van der Waals surface area contributed by atoms with Gasteiger partial charge in [-0.15, -0.1) is 10.2 Å². The van der Waals surface area contributed by atoms with Crippen LogP contribution in [0.5, 0.6) is 0 Å². The Morgan fingerprint density at radius 1 is 1.08 bits per heavy atom. The third-order valence-electron chi connectivity index (χ3n) is 3.26. The first kappa shape index (κ1) is 18.0. The summed E-state index contributed by atoms with van der Waals surface area (Å²) in [7, 11) is 0. The van der Waals surface area contributed by atoms with Crippen LogP contribution in [-0.4, -0.2) is 32.2 Å². The van der Waals surface area contributed by atoms with E-state index in [1.54, 1.807) is 17.9 Å². The number of anilines is 1. The summed E-state index contributed by atoms with van der Waals surface area (Å²) < 4.78 is 0. The second-order valence-electron chi connectivity index (χ2n) is 5.15. The van der Waals surface area contributed by atoms with Crippen LogP contribution in [0, 0.1) is 0 Å². The van der Waals surface area contributed by atoms with Crippen molar-refractivity contribution < 1.29 is 14.8 Å². The maximum absolute atomic E-state index is 11.9. The molecular weight excluding hydrogens is 330 g/mol. The molecule has 2 heterocycles. The lowest BCUT2D eigenvalue weighted by atomic mass is 10.1. The van der Waals surface area contributed by atoms with Crippen LogP contribution >= 0.6 is 11.3 Å². The maximum Gasteiger partial charge on any atom is 0.243 e. The van der Waals surface area contributed by atoms with E-state index in [4.69, 9.17) is 5.21 Å². The Hall–Kier alpha value is -2.39. The highest BCUT2D eigenvalue weighted by Crippen LogP contribution is 2.25. The van der Waals surface area contributed by atoms with E-state index in [0.717, 1.165) is 24.8 Å². The van der Waals surface area contributed by atoms with Crippen LogP contribution in [0.3, 0.4) is 0 Å². The van der Waals surface area contributed by atoms with Gasteiger partial charge in [-0.25, -0.2) is 5.48 Å². The van der Waals surface area contributed by atoms with E-state index in [2.05, 4.69) is 20.5 Å². The first-order valence-corrected chi connectivity index (χ1v) is 8.47. The topological polar surface area (TPSA) is 117 Å². The van der Waals surface area contributed by atoms with Crippen LogP contribution in [0.25, 0.3) is 10.6 Å². The molecule has 0 aliphatic rings. The van der Waals surface area contributed by atoms with Crippen molar-refractivity contribution in [1.29, 1.82) is 0 Å². The summed E-state index contributed by atoms with van der Waals surface area (Å²) in [6, 6.07) is 3.70. The monoisotopic (exact) mass is 349 g/mol. The van der Waals surface area contributed by atoms with Gasteiger partial charge >= 0.3 is 0 Å². The van der Waals surface area contributed by atoms with Gasteiger partial charge in [0.15, 0.2) is 5.01 Å². The zero-order valence-electron chi connectivity index (χ0n) is 13.1. The number of hydrogen-bond acceptors (Lipinski definition) is 7. The molecule has 128 valence electrons. The van der Waals surface area contributed by atoms with Crippen molar-refractivity contribution in [1.82, 2.24) is 20.7 Å². The molecule has 2 rings (SSSR count). The molecule has 0 aliphatic heterocycles. The molecule has 0 saturated heterocycles. The molecule has 3 N–H and O–H groups in total. The molecule has 0 aliphatic carbocycles. The number of carbonyl (C=O) groups is 2. The number of amides is 2. The first-order valence-electron chi connectivity index (χ1n) is 7.65. The van der Waals surface area contributed by atoms with Crippen molar-refractivity contribution >= 4 is 28.3 Å². The summed E-state index contributed by atoms with van der Waals surface area (Å²) in [6.45, 7) is 0. The molecule has 8 nitrogen and oxygen atoms in total. The Kier molecular flexibility index (Phi) is 7.24. The number of unbranched alkanes of at least 4 members (excludes halogenated alkanes) is 3. The van der Waals surface area contributed by atoms with Gasteiger partial charge in [0, 0.05) is 30.8 Å². The van der Waals surface area contributed by atoms with Gasteiger partial charge in [-0.3, -0.25) is 19.8 Å². The predicted molar refractivity (Wildman–Crippen MR) is 89.4 cm³/mol. The lowest BCUT2D eigenvalue weighted by molar-refractivity contribution is -0.129. The number of carbonyl (C=O) groups excluding carboxylic acids is 2. The molecule has 0 bridgehead atoms. The van der Waals surface area contributed by atoms with E-state index in [9.17, 15) is 9.59 Å². The highest BCUT2D eigenvalue weighted by atomic mass is 32.1. The molecule has 9 heteroatoms. The van der Waals surface area contributed by atoms with Gasteiger partial charge in [-0.1, -0.05) is 24.2 Å². The van der Waals surface area contributed by atoms with E-state index < -0.39 is 0 Å². The van der Waals surface area contributed by atoms with Crippen molar-refractivity contribution in [3.05, 3.63) is 24.5 Å². The molecule has 0 saturated carbocycles. The molecule has 0 aromatic carbocycles. The molecule has 0 radical (unpaired) electrons. The van der Waals surface area contributed by atoms with Gasteiger partial charge < -0.3 is 5.32 Å². The summed E-state index contributed by atoms with van der Waals surface area (Å²) in [6.07, 6.45) is 7.19. The molecule has 2 aromatic rings. The lowest BCUT2D eigenvalue weighted by Gasteiger charge is -2.02. The Bertz CT molecular complexity index is 662. The second-order valence-corrected chi connectivity index (χ2v) is 6.13. The fourth-order valence-corrected chi connectivity index (χ4v) is 2.79. The van der Waals surface area contributed by atoms with Crippen molar-refractivity contribution in [2.24, 2.45) is 0 Å². The van der Waals surface area contributed by atoms with Crippen LogP contribution in [0.1, 0.15) is 38.5 Å². The minimum absolute atomic E-state index is 0.100. The zero-order chi connectivity index (χ0) is 17.2. The molecule has 0 spiro atoms. The van der Waals surface area contributed by atoms with Crippen LogP contribution in [0.4, 0.5) is 5.13 Å². The van der Waals surface area contributed by atoms with Crippen LogP contribution < -0.4 is 10.8 Å². The number of nitrogens with one attached hydrogen (secondary N) is 2. The normalized spacial score (nSPS) is 10.4. The summed E-state index contributed by atoms with van der Waals surface area (Å²) in [5.41, 5.74) is 2.46. The summed E-state index contributed by atoms with van der Waals surface area (Å²) in [5, 5.41) is 20.3. The standard InChI is InChI=1S/C15H19N5O3S/c21-12(7-3-1-2-4-8-13(22)20-23)17-15-19-18-14(24-15)11-6-5-9-16-10-11/h5-6,9-10,23H,1-4,7-8H2,(H,20,22)(H,17,19,21). The Morgan fingerprint density at radius 2 is 1.83 bits per heavy atom. The summed E-state index contributed by atoms with van der Waals surface area (Å²) in [4.78, 5) is 26.7. The van der Waals surface area contributed by atoms with Crippen LogP contribution in [-0.2, 0) is 9.59 Å². The number of nitrogens with zero attached hydrogens (tertiary/aromatic N) is 3. The lowest BCUT2D eigenvalue weighted by Crippen LogP contribution is -2.17. The molecule has 0 fully saturated rings. The zero-order valence-corrected chi connectivity index (χ0v) is 13.9. The summed E-state index contributed by atoms with van der Waals surface area (Å²) in [5.74, 6) is -0.481. The maximum atomic E-state index is 11.9. The third-order valence-corrected chi connectivity index (χ3v) is 4.15. The average Bonchev–Trinajstić information content (AvgIpc) is 3.07. The molecule has 0 atom stereocenters. The van der Waals surface area contributed by atoms with Crippen LogP contribution in [0.15, 0.2) is 24.5 Å². The van der Waals surface area contributed by atoms with Gasteiger partial charge in [-0.2, -0.15) is 0 Å². The number of aromatic nitrogens is 3. The molecule has 0 unspecified atom stereocenters. The average molecular weight is 349 g/mol. The number of hydrogen-bond donors (Lipinski definition) is 3. The van der Waals surface area contributed by atoms with Crippen molar-refractivity contribution in [3.63, 3.8) is 0 Å². The van der Waals surface area contributed by atoms with Gasteiger partial charge in [0.1, 0.15) is 0 Å². The molecule has 2 aromatic heterocycles. The number of rotatable bonds is 9.